The first kappa shape index (κ1) is 23.0. The number of hydrogen-bond donors (Lipinski definition) is 2. The number of carbonyl (C=O) groups excluding carboxylic acids is 2. The molecule has 12 heteroatoms. The van der Waals surface area contributed by atoms with Crippen molar-refractivity contribution in [2.45, 2.75) is 39.0 Å². The highest BCUT2D eigenvalue weighted by Gasteiger charge is 2.36. The topological polar surface area (TPSA) is 90.7 Å². The summed E-state index contributed by atoms with van der Waals surface area (Å²) in [6.45, 7) is 2.65. The van der Waals surface area contributed by atoms with Gasteiger partial charge in [0.2, 0.25) is 0 Å². The lowest BCUT2D eigenvalue weighted by Gasteiger charge is -2.28. The molecule has 4 rings (SSSR count). The van der Waals surface area contributed by atoms with Crippen LogP contribution in [0.3, 0.4) is 0 Å². The summed E-state index contributed by atoms with van der Waals surface area (Å²) in [4.78, 5) is 28.5. The second-order valence-electron chi connectivity index (χ2n) is 8.33. The van der Waals surface area contributed by atoms with Gasteiger partial charge in [0.25, 0.3) is 5.91 Å². The maximum Gasteiger partial charge on any atom is 0.322 e. The third-order valence-electron chi connectivity index (χ3n) is 6.16. The Balaban J connectivity index is 1.59. The van der Waals surface area contributed by atoms with Crippen LogP contribution in [0, 0.1) is 29.2 Å². The average Bonchev–Trinajstić information content (AvgIpc) is 3.10. The molecule has 0 fully saturated rings. The second-order valence-corrected chi connectivity index (χ2v) is 8.33. The molecule has 3 amide bonds. The molecule has 1 aromatic carbocycles. The quantitative estimate of drug-likeness (QED) is 0.411. The van der Waals surface area contributed by atoms with Crippen LogP contribution in [-0.2, 0) is 19.5 Å². The molecule has 0 spiro atoms. The van der Waals surface area contributed by atoms with Crippen LogP contribution in [0.2, 0.25) is 0 Å². The SMILES string of the molecule is CCC(O)[C@@H]1CN(C)C(=O)c2c3c(nn2C1)CCN(C(=O)Nc1cc(F)c(F)c(F)c1F)C3. The van der Waals surface area contributed by atoms with Gasteiger partial charge in [-0.15, -0.1) is 0 Å². The summed E-state index contributed by atoms with van der Waals surface area (Å²) in [5.41, 5.74) is 0.633. The number of rotatable bonds is 3. The summed E-state index contributed by atoms with van der Waals surface area (Å²) in [6, 6.07) is -0.497. The lowest BCUT2D eigenvalue weighted by molar-refractivity contribution is 0.0626. The van der Waals surface area contributed by atoms with E-state index < -0.39 is 41.1 Å². The molecule has 2 aliphatic rings. The van der Waals surface area contributed by atoms with Crippen LogP contribution in [0.25, 0.3) is 0 Å². The van der Waals surface area contributed by atoms with Crippen LogP contribution in [0.1, 0.15) is 35.1 Å². The van der Waals surface area contributed by atoms with Crippen molar-refractivity contribution in [3.05, 3.63) is 46.3 Å². The van der Waals surface area contributed by atoms with E-state index in [1.165, 1.54) is 9.80 Å². The Kier molecular flexibility index (Phi) is 6.04. The van der Waals surface area contributed by atoms with Gasteiger partial charge in [-0.05, 0) is 6.42 Å². The van der Waals surface area contributed by atoms with Crippen molar-refractivity contribution in [2.24, 2.45) is 5.92 Å². The zero-order valence-electron chi connectivity index (χ0n) is 18.0. The number of carbonyl (C=O) groups is 2. The number of nitrogens with zero attached hydrogens (tertiary/aromatic N) is 4. The van der Waals surface area contributed by atoms with Gasteiger partial charge in [0.1, 0.15) is 5.69 Å². The largest absolute Gasteiger partial charge is 0.393 e. The molecule has 8 nitrogen and oxygen atoms in total. The predicted molar refractivity (Wildman–Crippen MR) is 108 cm³/mol. The van der Waals surface area contributed by atoms with E-state index in [0.717, 1.165) is 0 Å². The van der Waals surface area contributed by atoms with Gasteiger partial charge < -0.3 is 20.2 Å². The van der Waals surface area contributed by atoms with Crippen molar-refractivity contribution < 1.29 is 32.3 Å². The summed E-state index contributed by atoms with van der Waals surface area (Å²) < 4.78 is 55.7. The third kappa shape index (κ3) is 4.03. The fourth-order valence-electron chi connectivity index (χ4n) is 4.30. The van der Waals surface area contributed by atoms with E-state index in [1.54, 1.807) is 11.7 Å². The summed E-state index contributed by atoms with van der Waals surface area (Å²) in [5.74, 6) is -7.85. The highest BCUT2D eigenvalue weighted by Crippen LogP contribution is 2.29. The zero-order chi connectivity index (χ0) is 24.0. The number of aromatic nitrogens is 2. The van der Waals surface area contributed by atoms with E-state index in [0.29, 0.717) is 48.9 Å². The van der Waals surface area contributed by atoms with E-state index in [2.05, 4.69) is 10.4 Å². The van der Waals surface area contributed by atoms with E-state index >= 15 is 0 Å². The number of hydrogen-bond acceptors (Lipinski definition) is 4. The Labute approximate surface area is 186 Å². The molecule has 0 bridgehead atoms. The molecule has 0 aliphatic carbocycles. The fraction of sp³-hybridized carbons (Fsp3) is 0.476. The average molecular weight is 469 g/mol. The Morgan fingerprint density at radius 1 is 1.24 bits per heavy atom. The van der Waals surface area contributed by atoms with Crippen molar-refractivity contribution in [3.8, 4) is 0 Å². The Morgan fingerprint density at radius 2 is 1.97 bits per heavy atom. The van der Waals surface area contributed by atoms with Crippen LogP contribution in [0.15, 0.2) is 6.07 Å². The van der Waals surface area contributed by atoms with Crippen LogP contribution < -0.4 is 5.32 Å². The van der Waals surface area contributed by atoms with Crippen LogP contribution in [0.4, 0.5) is 28.0 Å². The molecule has 2 atom stereocenters. The van der Waals surface area contributed by atoms with Gasteiger partial charge in [-0.2, -0.15) is 5.10 Å². The maximum atomic E-state index is 14.0. The van der Waals surface area contributed by atoms with Crippen molar-refractivity contribution in [1.82, 2.24) is 19.6 Å². The Bertz CT molecular complexity index is 1120. The lowest BCUT2D eigenvalue weighted by Crippen LogP contribution is -2.40. The minimum atomic E-state index is -2.02. The normalized spacial score (nSPS) is 19.1. The van der Waals surface area contributed by atoms with Crippen molar-refractivity contribution in [1.29, 1.82) is 0 Å². The number of anilines is 1. The van der Waals surface area contributed by atoms with E-state index in [1.807, 2.05) is 6.92 Å². The monoisotopic (exact) mass is 469 g/mol. The van der Waals surface area contributed by atoms with E-state index in [9.17, 15) is 32.3 Å². The molecule has 2 N–H and O–H groups in total. The van der Waals surface area contributed by atoms with Gasteiger partial charge in [-0.25, -0.2) is 22.4 Å². The lowest BCUT2D eigenvalue weighted by atomic mass is 10.0. The molecule has 178 valence electrons. The van der Waals surface area contributed by atoms with Crippen LogP contribution in [0.5, 0.6) is 0 Å². The fourth-order valence-corrected chi connectivity index (χ4v) is 4.30. The van der Waals surface area contributed by atoms with Gasteiger partial charge >= 0.3 is 6.03 Å². The van der Waals surface area contributed by atoms with Crippen LogP contribution in [-0.4, -0.2) is 62.9 Å². The number of benzene rings is 1. The summed E-state index contributed by atoms with van der Waals surface area (Å²) in [5, 5.41) is 16.9. The minimum absolute atomic E-state index is 0.0368. The standard InChI is InChI=1S/C21H23F4N5O3/c1-3-15(31)10-7-28(2)20(32)19-11-9-29(5-4-13(11)27-30(19)8-10)21(33)26-14-6-12(22)16(23)18(25)17(14)24/h6,10,15,31H,3-5,7-9H2,1-2H3,(H,26,33)/t10-,15?/m1/s1. The molecular weight excluding hydrogens is 446 g/mol. The number of nitrogens with one attached hydrogen (secondary N) is 1. The highest BCUT2D eigenvalue weighted by atomic mass is 19.2. The number of aliphatic hydroxyl groups excluding tert-OH is 1. The van der Waals surface area contributed by atoms with Crippen molar-refractivity contribution in [2.75, 3.05) is 25.5 Å². The molecule has 0 radical (unpaired) electrons. The molecule has 2 aromatic rings. The molecule has 0 saturated heterocycles. The first-order valence-corrected chi connectivity index (χ1v) is 10.5. The number of fused-ring (bicyclic) bond motifs is 3. The molecular formula is C21H23F4N5O3. The van der Waals surface area contributed by atoms with Crippen molar-refractivity contribution >= 4 is 17.6 Å². The molecule has 1 aromatic heterocycles. The molecule has 3 heterocycles. The van der Waals surface area contributed by atoms with Gasteiger partial charge in [-0.3, -0.25) is 9.48 Å². The molecule has 1 unspecified atom stereocenters. The number of aliphatic hydroxyl groups is 1. The minimum Gasteiger partial charge on any atom is -0.393 e. The summed E-state index contributed by atoms with van der Waals surface area (Å²) >= 11 is 0. The maximum absolute atomic E-state index is 14.0. The zero-order valence-corrected chi connectivity index (χ0v) is 18.0. The predicted octanol–water partition coefficient (Wildman–Crippen LogP) is 2.50. The smallest absolute Gasteiger partial charge is 0.322 e. The molecule has 2 aliphatic heterocycles. The Morgan fingerprint density at radius 3 is 2.67 bits per heavy atom. The molecule has 33 heavy (non-hydrogen) atoms. The Hall–Kier alpha value is -3.15. The summed E-state index contributed by atoms with van der Waals surface area (Å²) in [7, 11) is 1.63. The van der Waals surface area contributed by atoms with Gasteiger partial charge in [-0.1, -0.05) is 6.92 Å². The van der Waals surface area contributed by atoms with E-state index in [-0.39, 0.29) is 24.9 Å². The summed E-state index contributed by atoms with van der Waals surface area (Å²) in [6.07, 6.45) is 0.217. The third-order valence-corrected chi connectivity index (χ3v) is 6.16. The van der Waals surface area contributed by atoms with Gasteiger partial charge in [0.15, 0.2) is 23.3 Å². The number of urea groups is 1. The first-order chi connectivity index (χ1) is 15.6. The highest BCUT2D eigenvalue weighted by molar-refractivity contribution is 5.95. The van der Waals surface area contributed by atoms with E-state index in [4.69, 9.17) is 0 Å². The molecule has 0 saturated carbocycles. The van der Waals surface area contributed by atoms with Crippen LogP contribution >= 0.6 is 0 Å². The van der Waals surface area contributed by atoms with Crippen molar-refractivity contribution in [3.63, 3.8) is 0 Å². The van der Waals surface area contributed by atoms with Gasteiger partial charge in [0, 0.05) is 50.7 Å². The number of halogens is 4. The van der Waals surface area contributed by atoms with Gasteiger partial charge in [0.05, 0.1) is 24.0 Å². The second kappa shape index (κ2) is 8.65. The number of amides is 3. The first-order valence-electron chi connectivity index (χ1n) is 10.5.